The van der Waals surface area contributed by atoms with E-state index >= 15 is 0 Å². The Bertz CT molecular complexity index is 1100. The summed E-state index contributed by atoms with van der Waals surface area (Å²) in [5, 5.41) is 1.85. The maximum atomic E-state index is 13.2. The molecule has 0 saturated heterocycles. The second-order valence-electron chi connectivity index (χ2n) is 9.66. The Morgan fingerprint density at radius 2 is 1.32 bits per heavy atom. The first-order valence-corrected chi connectivity index (χ1v) is 15.3. The molecule has 1 unspecified atom stereocenters. The summed E-state index contributed by atoms with van der Waals surface area (Å²) in [7, 11) is -6.05. The van der Waals surface area contributed by atoms with E-state index in [9.17, 15) is 8.42 Å². The normalized spacial score (nSPS) is 13.4. The first-order chi connectivity index (χ1) is 16.2. The van der Waals surface area contributed by atoms with E-state index in [-0.39, 0.29) is 5.04 Å². The number of benzene rings is 3. The minimum atomic E-state index is -3.43. The Balaban J connectivity index is 1.85. The van der Waals surface area contributed by atoms with Gasteiger partial charge in [0.2, 0.25) is 0 Å². The fourth-order valence-electron chi connectivity index (χ4n) is 4.69. The summed E-state index contributed by atoms with van der Waals surface area (Å²) in [5.74, 6) is 0. The van der Waals surface area contributed by atoms with Crippen LogP contribution in [0.5, 0.6) is 0 Å². The maximum absolute atomic E-state index is 13.2. The van der Waals surface area contributed by atoms with Gasteiger partial charge in [-0.25, -0.2) is 8.42 Å². The van der Waals surface area contributed by atoms with Crippen molar-refractivity contribution in [2.24, 2.45) is 0 Å². The largest absolute Gasteiger partial charge is 0.407 e. The highest BCUT2D eigenvalue weighted by Gasteiger charge is 2.50. The van der Waals surface area contributed by atoms with Gasteiger partial charge in [-0.1, -0.05) is 106 Å². The Labute approximate surface area is 206 Å². The van der Waals surface area contributed by atoms with Crippen LogP contribution in [0.4, 0.5) is 0 Å². The minimum absolute atomic E-state index is 0.105. The molecule has 0 saturated carbocycles. The van der Waals surface area contributed by atoms with Crippen LogP contribution in [0, 0.1) is 0 Å². The van der Waals surface area contributed by atoms with E-state index in [0.717, 1.165) is 0 Å². The lowest BCUT2D eigenvalue weighted by Crippen LogP contribution is -2.66. The summed E-state index contributed by atoms with van der Waals surface area (Å²) in [4.78, 5) is 0.370. The molecule has 3 aromatic carbocycles. The molecule has 0 fully saturated rings. The maximum Gasteiger partial charge on any atom is 0.261 e. The van der Waals surface area contributed by atoms with Crippen LogP contribution in [0.2, 0.25) is 5.04 Å². The lowest BCUT2D eigenvalue weighted by molar-refractivity contribution is 0.287. The van der Waals surface area contributed by atoms with Gasteiger partial charge < -0.3 is 4.43 Å². The van der Waals surface area contributed by atoms with Crippen LogP contribution < -0.4 is 10.4 Å². The van der Waals surface area contributed by atoms with Gasteiger partial charge in [0, 0.05) is 6.61 Å². The van der Waals surface area contributed by atoms with Gasteiger partial charge in [-0.15, -0.1) is 6.58 Å². The van der Waals surface area contributed by atoms with Crippen LogP contribution in [0.3, 0.4) is 0 Å². The van der Waals surface area contributed by atoms with E-state index in [0.29, 0.717) is 30.8 Å². The van der Waals surface area contributed by atoms with Crippen LogP contribution in [-0.2, 0) is 14.3 Å². The topological polar surface area (TPSA) is 43.4 Å². The zero-order valence-corrected chi connectivity index (χ0v) is 22.3. The highest BCUT2D eigenvalue weighted by atomic mass is 32.2. The molecule has 0 N–H and O–H groups in total. The minimum Gasteiger partial charge on any atom is -0.407 e. The molecule has 3 aromatic rings. The zero-order chi connectivity index (χ0) is 24.7. The fourth-order valence-corrected chi connectivity index (χ4v) is 11.1. The molecule has 0 aliphatic rings. The molecule has 34 heavy (non-hydrogen) atoms. The van der Waals surface area contributed by atoms with Crippen LogP contribution in [-0.4, -0.2) is 28.6 Å². The van der Waals surface area contributed by atoms with Gasteiger partial charge in [0.15, 0.2) is 9.84 Å². The number of allylic oxidation sites excluding steroid dienone is 1. The molecule has 1 atom stereocenters. The van der Waals surface area contributed by atoms with Crippen LogP contribution >= 0.6 is 0 Å². The van der Waals surface area contributed by atoms with Crippen molar-refractivity contribution in [2.45, 2.75) is 55.2 Å². The van der Waals surface area contributed by atoms with Crippen molar-refractivity contribution < 1.29 is 12.8 Å². The van der Waals surface area contributed by atoms with E-state index in [2.05, 4.69) is 75.9 Å². The van der Waals surface area contributed by atoms with Gasteiger partial charge >= 0.3 is 0 Å². The van der Waals surface area contributed by atoms with Crippen molar-refractivity contribution in [3.05, 3.63) is 104 Å². The van der Waals surface area contributed by atoms with Gasteiger partial charge in [0.05, 0.1) is 10.1 Å². The molecule has 0 heterocycles. The highest BCUT2D eigenvalue weighted by molar-refractivity contribution is 7.92. The van der Waals surface area contributed by atoms with E-state index < -0.39 is 23.4 Å². The third kappa shape index (κ3) is 5.60. The summed E-state index contributed by atoms with van der Waals surface area (Å²) in [5.41, 5.74) is 0. The first kappa shape index (κ1) is 26.1. The smallest absolute Gasteiger partial charge is 0.261 e. The number of hydrogen-bond donors (Lipinski definition) is 0. The Morgan fingerprint density at radius 1 is 0.853 bits per heavy atom. The summed E-state index contributed by atoms with van der Waals surface area (Å²) >= 11 is 0. The lowest BCUT2D eigenvalue weighted by atomic mass is 10.2. The molecule has 5 heteroatoms. The molecule has 0 spiro atoms. The first-order valence-electron chi connectivity index (χ1n) is 11.9. The molecule has 3 nitrogen and oxygen atoms in total. The van der Waals surface area contributed by atoms with E-state index in [1.54, 1.807) is 30.3 Å². The van der Waals surface area contributed by atoms with E-state index in [1.165, 1.54) is 10.4 Å². The highest BCUT2D eigenvalue weighted by Crippen LogP contribution is 2.37. The number of rotatable bonds is 11. The molecule has 3 rings (SSSR count). The third-order valence-corrected chi connectivity index (χ3v) is 13.6. The average molecular weight is 493 g/mol. The van der Waals surface area contributed by atoms with Gasteiger partial charge in [0.25, 0.3) is 8.32 Å². The van der Waals surface area contributed by atoms with Crippen molar-refractivity contribution in [3.8, 4) is 0 Å². The molecule has 0 amide bonds. The van der Waals surface area contributed by atoms with Crippen LogP contribution in [0.25, 0.3) is 0 Å². The monoisotopic (exact) mass is 492 g/mol. The predicted octanol–water partition coefficient (Wildman–Crippen LogP) is 5.76. The van der Waals surface area contributed by atoms with Crippen LogP contribution in [0.1, 0.15) is 40.0 Å². The standard InChI is InChI=1S/C29H36O3SSi/c1-5-16-25(33(30,31)26-17-9-6-10-18-26)19-15-24-32-34(29(2,3)4,27-20-11-7-12-21-27)28-22-13-8-14-23-28/h5-14,17-18,20-23,25H,1,15-16,19,24H2,2-4H3. The quantitative estimate of drug-likeness (QED) is 0.194. The Kier molecular flexibility index (Phi) is 8.69. The van der Waals surface area contributed by atoms with Gasteiger partial charge in [-0.3, -0.25) is 0 Å². The van der Waals surface area contributed by atoms with Crippen molar-refractivity contribution >= 4 is 28.5 Å². The summed E-state index contributed by atoms with van der Waals surface area (Å²) < 4.78 is 33.4. The molecule has 0 radical (unpaired) electrons. The number of sulfone groups is 1. The molecular weight excluding hydrogens is 456 g/mol. The van der Waals surface area contributed by atoms with Crippen molar-refractivity contribution in [2.75, 3.05) is 6.61 Å². The van der Waals surface area contributed by atoms with E-state index in [4.69, 9.17) is 4.43 Å². The average Bonchev–Trinajstić information content (AvgIpc) is 2.84. The zero-order valence-electron chi connectivity index (χ0n) is 20.5. The van der Waals surface area contributed by atoms with Crippen molar-refractivity contribution in [1.29, 1.82) is 0 Å². The Hall–Kier alpha value is -2.47. The molecule has 0 aliphatic heterocycles. The summed E-state index contributed by atoms with van der Waals surface area (Å²) in [6.07, 6.45) is 3.32. The SMILES string of the molecule is C=CCC(CCCO[Si](c1ccccc1)(c1ccccc1)C(C)(C)C)S(=O)(=O)c1ccccc1. The lowest BCUT2D eigenvalue weighted by Gasteiger charge is -2.43. The molecule has 180 valence electrons. The van der Waals surface area contributed by atoms with Gasteiger partial charge in [-0.05, 0) is 46.8 Å². The molecule has 0 aromatic heterocycles. The van der Waals surface area contributed by atoms with Gasteiger partial charge in [-0.2, -0.15) is 0 Å². The fraction of sp³-hybridized carbons (Fsp3) is 0.310. The molecule has 0 aliphatic carbocycles. The summed E-state index contributed by atoms with van der Waals surface area (Å²) in [6, 6.07) is 29.7. The molecule has 0 bridgehead atoms. The van der Waals surface area contributed by atoms with E-state index in [1.807, 2.05) is 18.2 Å². The molecular formula is C29H36O3SSi. The van der Waals surface area contributed by atoms with Crippen molar-refractivity contribution in [1.82, 2.24) is 0 Å². The van der Waals surface area contributed by atoms with Gasteiger partial charge in [0.1, 0.15) is 0 Å². The third-order valence-electron chi connectivity index (χ3n) is 6.35. The predicted molar refractivity (Wildman–Crippen MR) is 145 cm³/mol. The Morgan fingerprint density at radius 3 is 1.76 bits per heavy atom. The second-order valence-corrected chi connectivity index (χ2v) is 16.2. The van der Waals surface area contributed by atoms with Crippen LogP contribution in [0.15, 0.2) is 109 Å². The summed E-state index contributed by atoms with van der Waals surface area (Å²) in [6.45, 7) is 11.1. The second kappa shape index (κ2) is 11.3. The number of hydrogen-bond acceptors (Lipinski definition) is 3. The van der Waals surface area contributed by atoms with Crippen molar-refractivity contribution in [3.63, 3.8) is 0 Å².